The molecule has 0 saturated carbocycles. The highest BCUT2D eigenvalue weighted by Crippen LogP contribution is 2.16. The highest BCUT2D eigenvalue weighted by molar-refractivity contribution is 6.30. The zero-order valence-corrected chi connectivity index (χ0v) is 16.6. The minimum absolute atomic E-state index is 0.0474. The van der Waals surface area contributed by atoms with Crippen LogP contribution in [0.25, 0.3) is 0 Å². The third kappa shape index (κ3) is 7.81. The Morgan fingerprint density at radius 3 is 2.77 bits per heavy atom. The Morgan fingerprint density at radius 1 is 1.35 bits per heavy atom. The Hall–Kier alpha value is -1.50. The summed E-state index contributed by atoms with van der Waals surface area (Å²) in [6.45, 7) is 9.56. The van der Waals surface area contributed by atoms with Gasteiger partial charge >= 0.3 is 0 Å². The van der Waals surface area contributed by atoms with Crippen molar-refractivity contribution in [3.8, 4) is 5.75 Å². The van der Waals surface area contributed by atoms with Crippen LogP contribution >= 0.6 is 11.6 Å². The Bertz CT molecular complexity index is 547. The fourth-order valence-corrected chi connectivity index (χ4v) is 2.65. The van der Waals surface area contributed by atoms with Crippen LogP contribution in [-0.2, 0) is 9.47 Å². The molecule has 0 amide bonds. The first-order chi connectivity index (χ1) is 12.6. The summed E-state index contributed by atoms with van der Waals surface area (Å²) in [5.41, 5.74) is 0. The van der Waals surface area contributed by atoms with Crippen molar-refractivity contribution in [3.05, 3.63) is 29.3 Å². The van der Waals surface area contributed by atoms with E-state index in [0.29, 0.717) is 24.8 Å². The molecule has 146 valence electrons. The molecule has 2 N–H and O–H groups in total. The molecule has 0 aliphatic carbocycles. The quantitative estimate of drug-likeness (QED) is 0.507. The van der Waals surface area contributed by atoms with E-state index < -0.39 is 0 Å². The lowest BCUT2D eigenvalue weighted by molar-refractivity contribution is 0.0347. The maximum absolute atomic E-state index is 5.89. The van der Waals surface area contributed by atoms with Crippen LogP contribution in [0.15, 0.2) is 29.3 Å². The maximum atomic E-state index is 5.89. The number of nitrogens with one attached hydrogen (secondary N) is 2. The molecule has 7 heteroatoms. The molecule has 3 unspecified atom stereocenters. The summed E-state index contributed by atoms with van der Waals surface area (Å²) < 4.78 is 17.0. The first kappa shape index (κ1) is 20.8. The van der Waals surface area contributed by atoms with Crippen LogP contribution in [0, 0.1) is 0 Å². The minimum Gasteiger partial charge on any atom is -0.489 e. The largest absolute Gasteiger partial charge is 0.489 e. The van der Waals surface area contributed by atoms with Crippen molar-refractivity contribution in [2.24, 2.45) is 4.99 Å². The number of benzene rings is 1. The molecule has 0 radical (unpaired) electrons. The Morgan fingerprint density at radius 2 is 2.12 bits per heavy atom. The van der Waals surface area contributed by atoms with E-state index in [-0.39, 0.29) is 18.2 Å². The topological polar surface area (TPSA) is 64.1 Å². The third-order valence-electron chi connectivity index (χ3n) is 3.85. The van der Waals surface area contributed by atoms with E-state index in [0.717, 1.165) is 31.3 Å². The molecule has 1 aromatic rings. The SMILES string of the molecule is CCNC(=NCC(C)Oc1ccc(Cl)cc1)NC(C)COC1CCOC1. The van der Waals surface area contributed by atoms with Crippen LogP contribution in [0.4, 0.5) is 0 Å². The molecule has 26 heavy (non-hydrogen) atoms. The number of halogens is 1. The summed E-state index contributed by atoms with van der Waals surface area (Å²) in [5, 5.41) is 7.32. The Balaban J connectivity index is 1.77. The van der Waals surface area contributed by atoms with Crippen molar-refractivity contribution in [3.63, 3.8) is 0 Å². The fraction of sp³-hybridized carbons (Fsp3) is 0.632. The Kier molecular flexibility index (Phi) is 9.01. The standard InChI is InChI=1S/C19H30ClN3O3/c1-4-21-19(23-14(2)12-25-18-9-10-24-13-18)22-11-15(3)26-17-7-5-16(20)6-8-17/h5-8,14-15,18H,4,9-13H2,1-3H3,(H2,21,22,23). The third-order valence-corrected chi connectivity index (χ3v) is 4.11. The molecule has 1 heterocycles. The van der Waals surface area contributed by atoms with Crippen molar-refractivity contribution in [1.29, 1.82) is 0 Å². The van der Waals surface area contributed by atoms with Gasteiger partial charge in [-0.05, 0) is 51.5 Å². The molecular formula is C19H30ClN3O3. The molecule has 1 aliphatic rings. The molecule has 3 atom stereocenters. The summed E-state index contributed by atoms with van der Waals surface area (Å²) in [5.74, 6) is 1.55. The number of ether oxygens (including phenoxy) is 3. The molecule has 1 aromatic carbocycles. The van der Waals surface area contributed by atoms with Gasteiger partial charge in [-0.1, -0.05) is 11.6 Å². The molecule has 1 saturated heterocycles. The summed E-state index contributed by atoms with van der Waals surface area (Å²) >= 11 is 5.89. The number of hydrogen-bond donors (Lipinski definition) is 2. The van der Waals surface area contributed by atoms with Gasteiger partial charge in [-0.15, -0.1) is 0 Å². The summed E-state index contributed by atoms with van der Waals surface area (Å²) in [6, 6.07) is 7.50. The van der Waals surface area contributed by atoms with Gasteiger partial charge in [-0.25, -0.2) is 4.99 Å². The van der Waals surface area contributed by atoms with Gasteiger partial charge in [0.15, 0.2) is 5.96 Å². The normalized spacial score (nSPS) is 19.8. The van der Waals surface area contributed by atoms with Gasteiger partial charge < -0.3 is 24.8 Å². The van der Waals surface area contributed by atoms with Gasteiger partial charge in [0.1, 0.15) is 11.9 Å². The fourth-order valence-electron chi connectivity index (χ4n) is 2.52. The van der Waals surface area contributed by atoms with Gasteiger partial charge in [-0.3, -0.25) is 0 Å². The smallest absolute Gasteiger partial charge is 0.191 e. The van der Waals surface area contributed by atoms with E-state index in [4.69, 9.17) is 25.8 Å². The van der Waals surface area contributed by atoms with Gasteiger partial charge in [0, 0.05) is 24.2 Å². The van der Waals surface area contributed by atoms with Crippen molar-refractivity contribution < 1.29 is 14.2 Å². The molecule has 6 nitrogen and oxygen atoms in total. The molecular weight excluding hydrogens is 354 g/mol. The molecule has 0 bridgehead atoms. The van der Waals surface area contributed by atoms with Crippen LogP contribution in [0.5, 0.6) is 5.75 Å². The number of aliphatic imine (C=N–C) groups is 1. The molecule has 1 fully saturated rings. The highest BCUT2D eigenvalue weighted by atomic mass is 35.5. The maximum Gasteiger partial charge on any atom is 0.191 e. The molecule has 2 rings (SSSR count). The van der Waals surface area contributed by atoms with E-state index >= 15 is 0 Å². The van der Waals surface area contributed by atoms with Gasteiger partial charge in [0.25, 0.3) is 0 Å². The van der Waals surface area contributed by atoms with Crippen molar-refractivity contribution in [2.75, 3.05) is 32.9 Å². The lowest BCUT2D eigenvalue weighted by Crippen LogP contribution is -2.45. The molecule has 0 spiro atoms. The summed E-state index contributed by atoms with van der Waals surface area (Å²) in [6.07, 6.45) is 1.14. The van der Waals surface area contributed by atoms with E-state index in [2.05, 4.69) is 22.5 Å². The lowest BCUT2D eigenvalue weighted by Gasteiger charge is -2.20. The second-order valence-corrected chi connectivity index (χ2v) is 6.90. The summed E-state index contributed by atoms with van der Waals surface area (Å²) in [7, 11) is 0. The molecule has 1 aliphatic heterocycles. The van der Waals surface area contributed by atoms with Gasteiger partial charge in [0.05, 0.1) is 25.9 Å². The van der Waals surface area contributed by atoms with E-state index in [1.54, 1.807) is 0 Å². The second-order valence-electron chi connectivity index (χ2n) is 6.47. The number of guanidine groups is 1. The monoisotopic (exact) mass is 383 g/mol. The van der Waals surface area contributed by atoms with Crippen LogP contribution in [0.2, 0.25) is 5.02 Å². The number of nitrogens with zero attached hydrogens (tertiary/aromatic N) is 1. The van der Waals surface area contributed by atoms with Gasteiger partial charge in [0.2, 0.25) is 0 Å². The number of rotatable bonds is 9. The average molecular weight is 384 g/mol. The molecule has 0 aromatic heterocycles. The van der Waals surface area contributed by atoms with Crippen LogP contribution in [-0.4, -0.2) is 57.1 Å². The average Bonchev–Trinajstić information content (AvgIpc) is 3.14. The predicted octanol–water partition coefficient (Wildman–Crippen LogP) is 2.86. The van der Waals surface area contributed by atoms with Gasteiger partial charge in [-0.2, -0.15) is 0 Å². The minimum atomic E-state index is -0.0474. The van der Waals surface area contributed by atoms with Crippen LogP contribution in [0.3, 0.4) is 0 Å². The zero-order chi connectivity index (χ0) is 18.8. The summed E-state index contributed by atoms with van der Waals surface area (Å²) in [4.78, 5) is 4.61. The predicted molar refractivity (Wildman–Crippen MR) is 105 cm³/mol. The van der Waals surface area contributed by atoms with Crippen LogP contribution in [0.1, 0.15) is 27.2 Å². The zero-order valence-electron chi connectivity index (χ0n) is 15.8. The first-order valence-electron chi connectivity index (χ1n) is 9.23. The second kappa shape index (κ2) is 11.3. The van der Waals surface area contributed by atoms with E-state index in [1.165, 1.54) is 0 Å². The van der Waals surface area contributed by atoms with E-state index in [9.17, 15) is 0 Å². The van der Waals surface area contributed by atoms with E-state index in [1.807, 2.05) is 38.1 Å². The highest BCUT2D eigenvalue weighted by Gasteiger charge is 2.17. The van der Waals surface area contributed by atoms with Crippen LogP contribution < -0.4 is 15.4 Å². The van der Waals surface area contributed by atoms with Crippen molar-refractivity contribution in [2.45, 2.75) is 45.4 Å². The lowest BCUT2D eigenvalue weighted by atomic mass is 10.3. The van der Waals surface area contributed by atoms with Crippen molar-refractivity contribution in [1.82, 2.24) is 10.6 Å². The number of hydrogen-bond acceptors (Lipinski definition) is 4. The first-order valence-corrected chi connectivity index (χ1v) is 9.61. The Labute approximate surface area is 161 Å². The van der Waals surface area contributed by atoms with Crippen molar-refractivity contribution >= 4 is 17.6 Å².